The highest BCUT2D eigenvalue weighted by Gasteiger charge is 2.33. The van der Waals surface area contributed by atoms with E-state index in [9.17, 15) is 4.79 Å². The minimum absolute atomic E-state index is 0.135. The van der Waals surface area contributed by atoms with Crippen molar-refractivity contribution >= 4 is 32.4 Å². The number of hydrogen-bond acceptors (Lipinski definition) is 5. The Labute approximate surface area is 246 Å². The molecule has 0 aliphatic carbocycles. The lowest BCUT2D eigenvalue weighted by molar-refractivity contribution is 0.102. The first-order chi connectivity index (χ1) is 19.1. The second kappa shape index (κ2) is 13.4. The molecule has 0 saturated carbocycles. The molecular weight excluding hydrogens is 533 g/mol. The molecule has 2 aromatic carbocycles. The van der Waals surface area contributed by atoms with Crippen molar-refractivity contribution in [3.63, 3.8) is 0 Å². The van der Waals surface area contributed by atoms with Gasteiger partial charge in [0.15, 0.2) is 5.13 Å². The van der Waals surface area contributed by atoms with Gasteiger partial charge in [0.1, 0.15) is 0 Å². The minimum Gasteiger partial charge on any atom is -0.304 e. The van der Waals surface area contributed by atoms with Crippen molar-refractivity contribution in [2.75, 3.05) is 38.5 Å². The van der Waals surface area contributed by atoms with Crippen molar-refractivity contribution in [1.82, 2.24) is 14.8 Å². The van der Waals surface area contributed by atoms with Gasteiger partial charge in [-0.1, -0.05) is 71.7 Å². The molecule has 0 bridgehead atoms. The van der Waals surface area contributed by atoms with Crippen LogP contribution in [0.3, 0.4) is 0 Å². The Morgan fingerprint density at radius 1 is 0.925 bits per heavy atom. The monoisotopic (exact) mass is 576 g/mol. The first-order valence-electron chi connectivity index (χ1n) is 14.3. The molecule has 1 aliphatic rings. The van der Waals surface area contributed by atoms with E-state index in [2.05, 4.69) is 116 Å². The number of hydrogen-bond donors (Lipinski definition) is 1. The molecule has 1 N–H and O–H groups in total. The van der Waals surface area contributed by atoms with Crippen LogP contribution in [0.25, 0.3) is 11.3 Å². The number of likely N-dealkylation sites (N-methyl/N-ethyl adjacent to an activating group) is 1. The Balaban J connectivity index is 1.38. The zero-order valence-electron chi connectivity index (χ0n) is 25.0. The molecule has 214 valence electrons. The zero-order valence-corrected chi connectivity index (χ0v) is 26.7. The molecule has 1 fully saturated rings. The second-order valence-electron chi connectivity index (χ2n) is 11.5. The SMILES string of the molecule is CC(C)S(C#Cc1ccc(-c2csc(NC(=O)c3ccc(CN4CCN(C)CC4)cc3)n2)cc1)(C(C)C)C(C)C. The fraction of sp³-hybridized carbons (Fsp3) is 0.455. The van der Waals surface area contributed by atoms with E-state index in [4.69, 9.17) is 0 Å². The fourth-order valence-corrected chi connectivity index (χ4v) is 10.5. The molecule has 1 aromatic heterocycles. The highest BCUT2D eigenvalue weighted by Crippen LogP contribution is 2.59. The van der Waals surface area contributed by atoms with Gasteiger partial charge in [0.2, 0.25) is 0 Å². The maximum Gasteiger partial charge on any atom is 0.257 e. The highest BCUT2D eigenvalue weighted by atomic mass is 32.3. The number of amides is 1. The highest BCUT2D eigenvalue weighted by molar-refractivity contribution is 8.38. The Hall–Kier alpha value is -2.63. The number of nitrogens with zero attached hydrogens (tertiary/aromatic N) is 3. The molecule has 5 nitrogen and oxygen atoms in total. The van der Waals surface area contributed by atoms with E-state index in [0.717, 1.165) is 49.5 Å². The molecule has 1 aliphatic heterocycles. The predicted molar refractivity (Wildman–Crippen MR) is 175 cm³/mol. The summed E-state index contributed by atoms with van der Waals surface area (Å²) in [6, 6.07) is 16.2. The van der Waals surface area contributed by atoms with Crippen LogP contribution >= 0.6 is 21.4 Å². The molecule has 3 aromatic rings. The molecule has 0 unspecified atom stereocenters. The Bertz CT molecular complexity index is 1300. The Morgan fingerprint density at radius 2 is 1.52 bits per heavy atom. The summed E-state index contributed by atoms with van der Waals surface area (Å²) >= 11 is 1.44. The number of thiazole rings is 1. The van der Waals surface area contributed by atoms with Crippen LogP contribution in [0.4, 0.5) is 5.13 Å². The molecule has 1 amide bonds. The maximum atomic E-state index is 12.9. The van der Waals surface area contributed by atoms with Gasteiger partial charge in [-0.25, -0.2) is 4.98 Å². The average Bonchev–Trinajstić information content (AvgIpc) is 3.39. The normalized spacial score (nSPS) is 15.3. The summed E-state index contributed by atoms with van der Waals surface area (Å²) in [4.78, 5) is 22.4. The van der Waals surface area contributed by atoms with Crippen molar-refractivity contribution in [3.05, 3.63) is 70.6 Å². The number of carbonyl (C=O) groups is 1. The van der Waals surface area contributed by atoms with Gasteiger partial charge in [-0.2, -0.15) is 10.0 Å². The summed E-state index contributed by atoms with van der Waals surface area (Å²) in [5.74, 6) is 3.36. The van der Waals surface area contributed by atoms with Crippen LogP contribution in [-0.4, -0.2) is 69.7 Å². The number of piperazine rings is 1. The molecular formula is C33H44N4OS2. The molecule has 0 radical (unpaired) electrons. The predicted octanol–water partition coefficient (Wildman–Crippen LogP) is 7.15. The fourth-order valence-electron chi connectivity index (χ4n) is 5.52. The first kappa shape index (κ1) is 30.3. The van der Waals surface area contributed by atoms with Crippen molar-refractivity contribution in [1.29, 1.82) is 0 Å². The summed E-state index contributed by atoms with van der Waals surface area (Å²) in [7, 11) is 1.10. The maximum absolute atomic E-state index is 12.9. The van der Waals surface area contributed by atoms with Crippen LogP contribution in [0, 0.1) is 11.2 Å². The Morgan fingerprint density at radius 3 is 2.10 bits per heavy atom. The zero-order chi connectivity index (χ0) is 28.9. The largest absolute Gasteiger partial charge is 0.304 e. The minimum atomic E-state index is -1.06. The van der Waals surface area contributed by atoms with Gasteiger partial charge in [-0.15, -0.1) is 11.3 Å². The second-order valence-corrected chi connectivity index (χ2v) is 16.9. The van der Waals surface area contributed by atoms with E-state index in [1.807, 2.05) is 17.5 Å². The van der Waals surface area contributed by atoms with E-state index in [-0.39, 0.29) is 5.91 Å². The lowest BCUT2D eigenvalue weighted by atomic mass is 10.1. The third-order valence-electron chi connectivity index (χ3n) is 7.84. The molecule has 1 saturated heterocycles. The molecule has 2 heterocycles. The topological polar surface area (TPSA) is 48.5 Å². The van der Waals surface area contributed by atoms with Crippen molar-refractivity contribution in [2.24, 2.45) is 0 Å². The van der Waals surface area contributed by atoms with Gasteiger partial charge < -0.3 is 4.90 Å². The number of rotatable bonds is 8. The molecule has 0 atom stereocenters. The summed E-state index contributed by atoms with van der Waals surface area (Å²) in [6.07, 6.45) is 0. The lowest BCUT2D eigenvalue weighted by Gasteiger charge is -2.46. The van der Waals surface area contributed by atoms with Gasteiger partial charge in [-0.05, 0) is 57.9 Å². The van der Waals surface area contributed by atoms with Gasteiger partial charge in [0.05, 0.1) is 5.69 Å². The molecule has 7 heteroatoms. The van der Waals surface area contributed by atoms with Crippen LogP contribution < -0.4 is 5.32 Å². The molecule has 40 heavy (non-hydrogen) atoms. The molecule has 0 spiro atoms. The average molecular weight is 577 g/mol. The summed E-state index contributed by atoms with van der Waals surface area (Å²) in [6.45, 7) is 19.2. The number of aromatic nitrogens is 1. The Kier molecular flexibility index (Phi) is 10.1. The number of nitrogens with one attached hydrogen (secondary N) is 1. The van der Waals surface area contributed by atoms with Crippen molar-refractivity contribution in [2.45, 2.75) is 63.8 Å². The van der Waals surface area contributed by atoms with Gasteiger partial charge >= 0.3 is 0 Å². The summed E-state index contributed by atoms with van der Waals surface area (Å²) < 4.78 is 0. The van der Waals surface area contributed by atoms with Crippen LogP contribution in [0.5, 0.6) is 0 Å². The van der Waals surface area contributed by atoms with E-state index < -0.39 is 10.0 Å². The number of carbonyl (C=O) groups excluding carboxylic acids is 1. The smallest absolute Gasteiger partial charge is 0.257 e. The first-order valence-corrected chi connectivity index (χ1v) is 17.0. The summed E-state index contributed by atoms with van der Waals surface area (Å²) in [5.41, 5.74) is 4.78. The van der Waals surface area contributed by atoms with E-state index in [0.29, 0.717) is 26.4 Å². The lowest BCUT2D eigenvalue weighted by Crippen LogP contribution is -2.43. The van der Waals surface area contributed by atoms with Crippen LogP contribution in [-0.2, 0) is 6.54 Å². The van der Waals surface area contributed by atoms with Crippen LogP contribution in [0.15, 0.2) is 53.9 Å². The quantitative estimate of drug-likeness (QED) is 0.289. The van der Waals surface area contributed by atoms with E-state index >= 15 is 0 Å². The third kappa shape index (κ3) is 7.16. The van der Waals surface area contributed by atoms with Gasteiger partial charge in [0, 0.05) is 54.8 Å². The third-order valence-corrected chi connectivity index (χ3v) is 13.7. The van der Waals surface area contributed by atoms with Crippen LogP contribution in [0.2, 0.25) is 0 Å². The van der Waals surface area contributed by atoms with Crippen molar-refractivity contribution in [3.8, 4) is 22.4 Å². The van der Waals surface area contributed by atoms with E-state index in [1.165, 1.54) is 16.9 Å². The number of anilines is 1. The van der Waals surface area contributed by atoms with E-state index in [1.54, 1.807) is 0 Å². The molecule has 4 rings (SSSR count). The van der Waals surface area contributed by atoms with Gasteiger partial charge in [-0.3, -0.25) is 15.0 Å². The summed E-state index contributed by atoms with van der Waals surface area (Å²) in [5, 5.41) is 11.0. The van der Waals surface area contributed by atoms with Crippen molar-refractivity contribution < 1.29 is 4.79 Å². The van der Waals surface area contributed by atoms with Crippen LogP contribution in [0.1, 0.15) is 63.0 Å². The number of benzene rings is 2. The standard InChI is InChI=1S/C33H44N4OS2/c1-24(2)40(25(3)4,26(5)6)21-16-27-8-12-29(13-9-27)31-23-39-33(34-31)35-32(38)30-14-10-28(11-15-30)22-37-19-17-36(7)18-20-37/h8-15,23-26H,17-20,22H2,1-7H3,(H,34,35,38). The van der Waals surface area contributed by atoms with Gasteiger partial charge in [0.25, 0.3) is 5.91 Å².